The van der Waals surface area contributed by atoms with Crippen LogP contribution in [0, 0.1) is 0 Å². The highest BCUT2D eigenvalue weighted by Gasteiger charge is 2.20. The van der Waals surface area contributed by atoms with Crippen molar-refractivity contribution in [2.75, 3.05) is 0 Å². The van der Waals surface area contributed by atoms with Crippen LogP contribution < -0.4 is 0 Å². The number of fused-ring (bicyclic) bond motifs is 9. The lowest BCUT2D eigenvalue weighted by Crippen LogP contribution is -2.06. The van der Waals surface area contributed by atoms with Crippen molar-refractivity contribution in [2.24, 2.45) is 0 Å². The van der Waals surface area contributed by atoms with Crippen molar-refractivity contribution in [1.82, 2.24) is 19.5 Å². The fourth-order valence-corrected chi connectivity index (χ4v) is 8.73. The summed E-state index contributed by atoms with van der Waals surface area (Å²) in [6, 6.07) is 54.9. The van der Waals surface area contributed by atoms with E-state index in [-0.39, 0.29) is 0 Å². The van der Waals surface area contributed by atoms with Gasteiger partial charge in [0, 0.05) is 58.4 Å². The molecule has 0 amide bonds. The predicted octanol–water partition coefficient (Wildman–Crippen LogP) is 12.2. The molecule has 11 aromatic rings. The van der Waals surface area contributed by atoms with Crippen LogP contribution in [0.1, 0.15) is 0 Å². The molecule has 7 aromatic carbocycles. The summed E-state index contributed by atoms with van der Waals surface area (Å²) in [7, 11) is 0. The van der Waals surface area contributed by atoms with Crippen LogP contribution in [0.15, 0.2) is 162 Å². The maximum atomic E-state index is 6.68. The second-order valence-corrected chi connectivity index (χ2v) is 13.9. The van der Waals surface area contributed by atoms with E-state index in [4.69, 9.17) is 19.4 Å². The molecule has 0 aliphatic rings. The van der Waals surface area contributed by atoms with Gasteiger partial charge in [0.15, 0.2) is 11.6 Å². The van der Waals surface area contributed by atoms with E-state index in [2.05, 4.69) is 126 Å². The molecular weight excluding hydrogens is 645 g/mol. The third kappa shape index (κ3) is 4.30. The molecule has 4 aromatic heterocycles. The van der Waals surface area contributed by atoms with Gasteiger partial charge in [-0.25, -0.2) is 4.98 Å². The standard InChI is InChI=1S/C45H26N4OS/c1-2-12-27(13-3-1)43-46-44(48-45(47-43)49-36-20-7-4-14-29(36)30-15-5-8-21-37(30)49)28-24-25-38-35(26-28)33-19-10-18-32(42(33)50-38)31-17-11-23-40-41(31)34-16-6-9-22-39(34)51-40/h1-26H. The lowest BCUT2D eigenvalue weighted by atomic mass is 9.97. The molecule has 0 N–H and O–H groups in total. The molecule has 0 spiro atoms. The number of rotatable bonds is 4. The predicted molar refractivity (Wildman–Crippen MR) is 211 cm³/mol. The number of thiophene rings is 1. The first kappa shape index (κ1) is 28.2. The number of nitrogens with zero attached hydrogens (tertiary/aromatic N) is 4. The van der Waals surface area contributed by atoms with Crippen molar-refractivity contribution in [3.8, 4) is 39.9 Å². The first-order chi connectivity index (χ1) is 25.3. The fourth-order valence-electron chi connectivity index (χ4n) is 7.60. The Morgan fingerprint density at radius 1 is 0.451 bits per heavy atom. The Hall–Kier alpha value is -6.63. The minimum absolute atomic E-state index is 0.576. The largest absolute Gasteiger partial charge is 0.455 e. The van der Waals surface area contributed by atoms with Gasteiger partial charge in [-0.3, -0.25) is 4.57 Å². The average molecular weight is 671 g/mol. The molecule has 0 aliphatic carbocycles. The summed E-state index contributed by atoms with van der Waals surface area (Å²) in [5, 5.41) is 6.93. The Bertz CT molecular complexity index is 3100. The summed E-state index contributed by atoms with van der Waals surface area (Å²) in [5.74, 6) is 1.79. The minimum Gasteiger partial charge on any atom is -0.455 e. The van der Waals surface area contributed by atoms with Crippen molar-refractivity contribution in [3.05, 3.63) is 158 Å². The van der Waals surface area contributed by atoms with Gasteiger partial charge < -0.3 is 4.42 Å². The van der Waals surface area contributed by atoms with E-state index < -0.39 is 0 Å². The van der Waals surface area contributed by atoms with Crippen LogP contribution in [0.5, 0.6) is 0 Å². The van der Waals surface area contributed by atoms with E-state index in [0.29, 0.717) is 17.6 Å². The summed E-state index contributed by atoms with van der Waals surface area (Å²) in [6.07, 6.45) is 0. The second kappa shape index (κ2) is 10.9. The summed E-state index contributed by atoms with van der Waals surface area (Å²) < 4.78 is 11.4. The van der Waals surface area contributed by atoms with E-state index in [1.165, 1.54) is 25.7 Å². The third-order valence-corrected chi connectivity index (χ3v) is 11.0. The maximum Gasteiger partial charge on any atom is 0.238 e. The Labute approximate surface area is 295 Å². The molecule has 51 heavy (non-hydrogen) atoms. The monoisotopic (exact) mass is 670 g/mol. The number of aromatic nitrogens is 4. The van der Waals surface area contributed by atoms with Crippen molar-refractivity contribution in [1.29, 1.82) is 0 Å². The van der Waals surface area contributed by atoms with E-state index in [9.17, 15) is 0 Å². The van der Waals surface area contributed by atoms with Crippen LogP contribution in [0.2, 0.25) is 0 Å². The fraction of sp³-hybridized carbons (Fsp3) is 0. The second-order valence-electron chi connectivity index (χ2n) is 12.8. The van der Waals surface area contributed by atoms with Gasteiger partial charge in [-0.15, -0.1) is 11.3 Å². The molecule has 5 nitrogen and oxygen atoms in total. The molecule has 0 radical (unpaired) electrons. The van der Waals surface area contributed by atoms with Gasteiger partial charge in [-0.05, 0) is 48.0 Å². The van der Waals surface area contributed by atoms with Gasteiger partial charge in [0.2, 0.25) is 5.95 Å². The molecule has 4 heterocycles. The van der Waals surface area contributed by atoms with Crippen molar-refractivity contribution >= 4 is 75.3 Å². The van der Waals surface area contributed by atoms with Gasteiger partial charge in [-0.2, -0.15) is 9.97 Å². The third-order valence-electron chi connectivity index (χ3n) is 9.88. The molecule has 0 saturated heterocycles. The molecule has 0 aliphatic heterocycles. The number of benzene rings is 7. The maximum absolute atomic E-state index is 6.68. The van der Waals surface area contributed by atoms with Crippen molar-refractivity contribution in [3.63, 3.8) is 0 Å². The molecule has 0 saturated carbocycles. The Morgan fingerprint density at radius 3 is 1.88 bits per heavy atom. The number of para-hydroxylation sites is 3. The average Bonchev–Trinajstić information content (AvgIpc) is 3.87. The number of furan rings is 1. The first-order valence-corrected chi connectivity index (χ1v) is 17.8. The molecule has 11 rings (SSSR count). The van der Waals surface area contributed by atoms with Gasteiger partial charge in [0.05, 0.1) is 11.0 Å². The van der Waals surface area contributed by atoms with Crippen LogP contribution in [-0.4, -0.2) is 19.5 Å². The Morgan fingerprint density at radius 2 is 1.08 bits per heavy atom. The lowest BCUT2D eigenvalue weighted by Gasteiger charge is -2.11. The highest BCUT2D eigenvalue weighted by Crippen LogP contribution is 2.44. The van der Waals surface area contributed by atoms with Crippen molar-refractivity contribution < 1.29 is 4.42 Å². The number of hydrogen-bond donors (Lipinski definition) is 0. The molecule has 0 unspecified atom stereocenters. The van der Waals surface area contributed by atoms with E-state index in [1.807, 2.05) is 47.7 Å². The lowest BCUT2D eigenvalue weighted by molar-refractivity contribution is 0.670. The van der Waals surface area contributed by atoms with Crippen LogP contribution in [0.4, 0.5) is 0 Å². The quantitative estimate of drug-likeness (QED) is 0.187. The zero-order valence-corrected chi connectivity index (χ0v) is 27.9. The SMILES string of the molecule is c1ccc(-c2nc(-c3ccc4oc5c(-c6cccc7sc8ccccc8c67)cccc5c4c3)nc(-n3c4ccccc4c4ccccc43)n2)cc1. The smallest absolute Gasteiger partial charge is 0.238 e. The summed E-state index contributed by atoms with van der Waals surface area (Å²) >= 11 is 1.83. The van der Waals surface area contributed by atoms with E-state index in [0.717, 1.165) is 60.4 Å². The van der Waals surface area contributed by atoms with E-state index >= 15 is 0 Å². The molecule has 6 heteroatoms. The van der Waals surface area contributed by atoms with Gasteiger partial charge in [-0.1, -0.05) is 115 Å². The van der Waals surface area contributed by atoms with Crippen LogP contribution >= 0.6 is 11.3 Å². The van der Waals surface area contributed by atoms with E-state index in [1.54, 1.807) is 0 Å². The summed E-state index contributed by atoms with van der Waals surface area (Å²) in [4.78, 5) is 15.3. The van der Waals surface area contributed by atoms with Crippen LogP contribution in [0.25, 0.3) is 104 Å². The first-order valence-electron chi connectivity index (χ1n) is 16.9. The zero-order chi connectivity index (χ0) is 33.5. The Kier molecular flexibility index (Phi) is 6.05. The summed E-state index contributed by atoms with van der Waals surface area (Å²) in [6.45, 7) is 0. The van der Waals surface area contributed by atoms with Gasteiger partial charge in [0.1, 0.15) is 11.2 Å². The van der Waals surface area contributed by atoms with Crippen LogP contribution in [-0.2, 0) is 0 Å². The number of hydrogen-bond acceptors (Lipinski definition) is 5. The van der Waals surface area contributed by atoms with Gasteiger partial charge in [0.25, 0.3) is 0 Å². The normalized spacial score (nSPS) is 11.9. The van der Waals surface area contributed by atoms with Crippen molar-refractivity contribution in [2.45, 2.75) is 0 Å². The van der Waals surface area contributed by atoms with Gasteiger partial charge >= 0.3 is 0 Å². The topological polar surface area (TPSA) is 56.7 Å². The Balaban J connectivity index is 1.13. The molecular formula is C45H26N4OS. The highest BCUT2D eigenvalue weighted by atomic mass is 32.1. The molecule has 0 fully saturated rings. The molecule has 0 bridgehead atoms. The molecule has 0 atom stereocenters. The minimum atomic E-state index is 0.576. The molecule has 238 valence electrons. The highest BCUT2D eigenvalue weighted by molar-refractivity contribution is 7.25. The zero-order valence-electron chi connectivity index (χ0n) is 27.1. The van der Waals surface area contributed by atoms with Crippen LogP contribution in [0.3, 0.4) is 0 Å². The summed E-state index contributed by atoms with van der Waals surface area (Å²) in [5.41, 5.74) is 7.87.